The Morgan fingerprint density at radius 3 is 1.72 bits per heavy atom. The Bertz CT molecular complexity index is 1750. The Hall–Kier alpha value is -5.79. The van der Waals surface area contributed by atoms with E-state index in [0.717, 1.165) is 6.42 Å². The summed E-state index contributed by atoms with van der Waals surface area (Å²) in [7, 11) is 0. The van der Waals surface area contributed by atoms with Crippen LogP contribution in [0.15, 0.2) is 24.3 Å². The molecule has 3 heterocycles. The van der Waals surface area contributed by atoms with Crippen molar-refractivity contribution < 1.29 is 53.4 Å². The summed E-state index contributed by atoms with van der Waals surface area (Å²) in [6.07, 6.45) is 1.86. The highest BCUT2D eigenvalue weighted by Crippen LogP contribution is 2.23. The van der Waals surface area contributed by atoms with E-state index in [1.807, 2.05) is 13.8 Å². The topological polar surface area (TPSA) is 313 Å². The SMILES string of the molecule is CC(C)C[C@H](NC(=O)[C@H](CCC(N)=O)NC(=O)[C@@H]1CCCN1C(=O)[C@H](CCC(N)=O)NC(=O)[C@@H]1CCCN1)C(=O)N1CCC[C@H]1C(=O)N[C@@H](Cc1ccc(O)cc1)C(=O)O. The number of phenolic OH excluding ortho intramolecular Hbond substituents is 1. The molecule has 1 aromatic rings. The number of nitrogens with zero attached hydrogens (tertiary/aromatic N) is 2. The summed E-state index contributed by atoms with van der Waals surface area (Å²) in [6, 6.07) is -1.79. The van der Waals surface area contributed by atoms with Crippen molar-refractivity contribution in [3.63, 3.8) is 0 Å². The van der Waals surface area contributed by atoms with Crippen LogP contribution in [0.1, 0.15) is 90.0 Å². The Labute approximate surface area is 348 Å². The Morgan fingerprint density at radius 2 is 1.22 bits per heavy atom. The molecular weight excluding hydrogens is 782 g/mol. The highest BCUT2D eigenvalue weighted by Gasteiger charge is 2.42. The van der Waals surface area contributed by atoms with Crippen LogP contribution in [0.2, 0.25) is 0 Å². The van der Waals surface area contributed by atoms with Crippen molar-refractivity contribution in [3.05, 3.63) is 29.8 Å². The van der Waals surface area contributed by atoms with Gasteiger partial charge in [0.05, 0.1) is 6.04 Å². The molecule has 20 heteroatoms. The van der Waals surface area contributed by atoms with E-state index in [1.54, 1.807) is 0 Å². The predicted molar refractivity (Wildman–Crippen MR) is 214 cm³/mol. The number of carboxylic acid groups (broad SMARTS) is 1. The minimum Gasteiger partial charge on any atom is -0.508 e. The number of benzene rings is 1. The van der Waals surface area contributed by atoms with Gasteiger partial charge in [0.15, 0.2) is 0 Å². The third-order valence-electron chi connectivity index (χ3n) is 11.0. The third kappa shape index (κ3) is 13.4. The lowest BCUT2D eigenvalue weighted by Crippen LogP contribution is -2.59. The molecule has 20 nitrogen and oxygen atoms in total. The molecule has 0 unspecified atom stereocenters. The molecule has 8 amide bonds. The third-order valence-corrected chi connectivity index (χ3v) is 11.0. The van der Waals surface area contributed by atoms with Crippen LogP contribution < -0.4 is 38.1 Å². The minimum absolute atomic E-state index is 0.00457. The van der Waals surface area contributed by atoms with Crippen LogP contribution in [0.5, 0.6) is 5.75 Å². The number of amides is 8. The maximum Gasteiger partial charge on any atom is 0.326 e. The van der Waals surface area contributed by atoms with Crippen LogP contribution in [0, 0.1) is 5.92 Å². The Morgan fingerprint density at radius 1 is 0.700 bits per heavy atom. The average Bonchev–Trinajstić information content (AvgIpc) is 4.00. The van der Waals surface area contributed by atoms with E-state index in [2.05, 4.69) is 26.6 Å². The van der Waals surface area contributed by atoms with Crippen molar-refractivity contribution in [1.82, 2.24) is 36.4 Å². The van der Waals surface area contributed by atoms with Gasteiger partial charge in [-0.3, -0.25) is 38.4 Å². The first-order valence-electron chi connectivity index (χ1n) is 20.6. The van der Waals surface area contributed by atoms with Crippen LogP contribution in [0.4, 0.5) is 0 Å². The fraction of sp³-hybridized carbons (Fsp3) is 0.625. The average molecular weight is 842 g/mol. The zero-order valence-corrected chi connectivity index (χ0v) is 34.2. The summed E-state index contributed by atoms with van der Waals surface area (Å²) in [4.78, 5) is 121. The second-order valence-electron chi connectivity index (χ2n) is 16.1. The summed E-state index contributed by atoms with van der Waals surface area (Å²) in [5, 5.41) is 33.1. The van der Waals surface area contributed by atoms with E-state index < -0.39 is 95.5 Å². The van der Waals surface area contributed by atoms with Crippen molar-refractivity contribution in [2.24, 2.45) is 17.4 Å². The summed E-state index contributed by atoms with van der Waals surface area (Å²) in [5.41, 5.74) is 11.3. The van der Waals surface area contributed by atoms with Gasteiger partial charge in [0.2, 0.25) is 47.3 Å². The number of aromatic hydroxyl groups is 1. The largest absolute Gasteiger partial charge is 0.508 e. The number of nitrogens with one attached hydrogen (secondary N) is 5. The van der Waals surface area contributed by atoms with Gasteiger partial charge in [-0.05, 0) is 87.9 Å². The molecule has 3 fully saturated rings. The Kier molecular flexibility index (Phi) is 17.2. The number of rotatable bonds is 21. The fourth-order valence-corrected chi connectivity index (χ4v) is 7.86. The molecule has 3 aliphatic rings. The summed E-state index contributed by atoms with van der Waals surface area (Å²) >= 11 is 0. The lowest BCUT2D eigenvalue weighted by atomic mass is 10.0. The highest BCUT2D eigenvalue weighted by molar-refractivity contribution is 5.97. The van der Waals surface area contributed by atoms with Crippen molar-refractivity contribution in [2.45, 2.75) is 133 Å². The van der Waals surface area contributed by atoms with Gasteiger partial charge in [0.25, 0.3) is 0 Å². The number of primary amides is 2. The number of phenols is 1. The van der Waals surface area contributed by atoms with Crippen molar-refractivity contribution in [3.8, 4) is 5.75 Å². The molecular formula is C40H59N9O11. The maximum absolute atomic E-state index is 14.2. The molecule has 7 atom stereocenters. The number of carbonyl (C=O) groups is 9. The van der Waals surface area contributed by atoms with Gasteiger partial charge in [-0.2, -0.15) is 0 Å². The molecule has 3 aliphatic heterocycles. The summed E-state index contributed by atoms with van der Waals surface area (Å²) in [5.74, 6) is -6.68. The van der Waals surface area contributed by atoms with E-state index >= 15 is 0 Å². The first-order valence-corrected chi connectivity index (χ1v) is 20.6. The van der Waals surface area contributed by atoms with Crippen LogP contribution in [-0.2, 0) is 49.6 Å². The number of hydrogen-bond acceptors (Lipinski definition) is 11. The lowest BCUT2D eigenvalue weighted by molar-refractivity contribution is -0.145. The molecule has 3 saturated heterocycles. The van der Waals surface area contributed by atoms with E-state index in [1.165, 1.54) is 34.1 Å². The van der Waals surface area contributed by atoms with Crippen LogP contribution in [0.3, 0.4) is 0 Å². The second kappa shape index (κ2) is 22.0. The number of carboxylic acids is 1. The van der Waals surface area contributed by atoms with Gasteiger partial charge in [-0.25, -0.2) is 4.79 Å². The van der Waals surface area contributed by atoms with E-state index in [0.29, 0.717) is 31.4 Å². The standard InChI is InChI=1S/C40H59N9O11/c1-22(2)20-28(39(58)49-19-5-8-31(49)37(56)47-29(40(59)60)21-23-9-11-24(50)12-10-23)46-35(54)26(13-15-32(41)51)44-36(55)30-7-4-18-48(30)38(57)27(14-16-33(42)52)45-34(53)25-6-3-17-43-25/h9-12,22,25-31,43,50H,3-8,13-21H2,1-2H3,(H2,41,51)(H2,42,52)(H,44,55)(H,45,53)(H,46,54)(H,47,56)(H,59,60)/t25-,26-,27-,28-,29-,30-,31-/m0/s1. The number of nitrogens with two attached hydrogens (primary N) is 2. The van der Waals surface area contributed by atoms with Gasteiger partial charge < -0.3 is 58.1 Å². The molecule has 4 rings (SSSR count). The molecule has 60 heavy (non-hydrogen) atoms. The molecule has 0 saturated carbocycles. The van der Waals surface area contributed by atoms with Crippen molar-refractivity contribution >= 4 is 53.2 Å². The van der Waals surface area contributed by atoms with E-state index in [-0.39, 0.29) is 76.1 Å². The summed E-state index contributed by atoms with van der Waals surface area (Å²) < 4.78 is 0. The van der Waals surface area contributed by atoms with Crippen LogP contribution in [0.25, 0.3) is 0 Å². The number of carbonyl (C=O) groups excluding carboxylic acids is 8. The van der Waals surface area contributed by atoms with Gasteiger partial charge in [-0.15, -0.1) is 0 Å². The molecule has 0 aromatic heterocycles. The van der Waals surface area contributed by atoms with Gasteiger partial charge in [0.1, 0.15) is 42.0 Å². The summed E-state index contributed by atoms with van der Waals surface area (Å²) in [6.45, 7) is 4.59. The highest BCUT2D eigenvalue weighted by atomic mass is 16.4. The molecule has 0 aliphatic carbocycles. The minimum atomic E-state index is -1.38. The molecule has 1 aromatic carbocycles. The normalized spacial score (nSPS) is 20.8. The molecule has 0 spiro atoms. The monoisotopic (exact) mass is 841 g/mol. The second-order valence-corrected chi connectivity index (χ2v) is 16.1. The number of likely N-dealkylation sites (tertiary alicyclic amines) is 2. The molecule has 0 bridgehead atoms. The van der Waals surface area contributed by atoms with E-state index in [9.17, 15) is 53.4 Å². The molecule has 330 valence electrons. The first-order chi connectivity index (χ1) is 28.4. The number of hydrogen-bond donors (Lipinski definition) is 9. The van der Waals surface area contributed by atoms with Crippen molar-refractivity contribution in [1.29, 1.82) is 0 Å². The zero-order valence-electron chi connectivity index (χ0n) is 34.2. The lowest BCUT2D eigenvalue weighted by Gasteiger charge is -2.32. The van der Waals surface area contributed by atoms with Gasteiger partial charge >= 0.3 is 5.97 Å². The van der Waals surface area contributed by atoms with Crippen LogP contribution in [-0.4, -0.2) is 135 Å². The predicted octanol–water partition coefficient (Wildman–Crippen LogP) is -1.73. The fourth-order valence-electron chi connectivity index (χ4n) is 7.86. The molecule has 0 radical (unpaired) electrons. The van der Waals surface area contributed by atoms with Gasteiger partial charge in [-0.1, -0.05) is 26.0 Å². The number of aliphatic carboxylic acids is 1. The zero-order chi connectivity index (χ0) is 44.1. The van der Waals surface area contributed by atoms with Crippen LogP contribution >= 0.6 is 0 Å². The van der Waals surface area contributed by atoms with E-state index in [4.69, 9.17) is 11.5 Å². The van der Waals surface area contributed by atoms with Gasteiger partial charge in [0, 0.05) is 32.4 Å². The first kappa shape index (κ1) is 46.9. The smallest absolute Gasteiger partial charge is 0.326 e. The quantitative estimate of drug-likeness (QED) is 0.0667. The maximum atomic E-state index is 14.2. The molecule has 11 N–H and O–H groups in total. The van der Waals surface area contributed by atoms with Crippen molar-refractivity contribution in [2.75, 3.05) is 19.6 Å². The Balaban J connectivity index is 1.47.